The van der Waals surface area contributed by atoms with Crippen LogP contribution in [-0.2, 0) is 0 Å². The Morgan fingerprint density at radius 3 is 2.25 bits per heavy atom. The molecule has 0 amide bonds. The average Bonchev–Trinajstić information content (AvgIpc) is 1.82. The molecule has 1 aliphatic rings. The van der Waals surface area contributed by atoms with Crippen LogP contribution in [0.3, 0.4) is 0 Å². The van der Waals surface area contributed by atoms with Crippen molar-refractivity contribution in [2.75, 3.05) is 27.2 Å². The van der Waals surface area contributed by atoms with E-state index in [1.54, 1.807) is 0 Å². The van der Waals surface area contributed by atoms with Crippen LogP contribution in [0, 0.1) is 0 Å². The third-order valence-electron chi connectivity index (χ3n) is 1.77. The predicted molar refractivity (Wildman–Crippen MR) is 32.5 cm³/mol. The molecule has 1 rings (SSSR count). The van der Waals surface area contributed by atoms with Crippen LogP contribution in [0.2, 0.25) is 0 Å². The first-order valence-electron chi connectivity index (χ1n) is 3.10. The van der Waals surface area contributed by atoms with Crippen molar-refractivity contribution < 1.29 is 9.59 Å². The summed E-state index contributed by atoms with van der Waals surface area (Å²) in [5, 5.41) is 9.05. The molecule has 0 radical (unpaired) electrons. The van der Waals surface area contributed by atoms with Gasteiger partial charge in [-0.15, -0.1) is 0 Å². The summed E-state index contributed by atoms with van der Waals surface area (Å²) >= 11 is 0. The van der Waals surface area contributed by atoms with Crippen LogP contribution in [0.5, 0.6) is 0 Å². The Bertz CT molecular complexity index is 90.5. The van der Waals surface area contributed by atoms with Crippen molar-refractivity contribution >= 4 is 0 Å². The fourth-order valence-electron chi connectivity index (χ4n) is 1.25. The van der Waals surface area contributed by atoms with E-state index in [2.05, 4.69) is 14.1 Å². The van der Waals surface area contributed by atoms with Gasteiger partial charge in [0.15, 0.2) is 0 Å². The molecule has 2 nitrogen and oxygen atoms in total. The first-order valence-corrected chi connectivity index (χ1v) is 3.10. The summed E-state index contributed by atoms with van der Waals surface area (Å²) in [4.78, 5) is 0. The molecule has 2 heteroatoms. The molecule has 1 heterocycles. The number of hydrogen-bond acceptors (Lipinski definition) is 1. The molecule has 0 spiro atoms. The Hall–Kier alpha value is -0.0800. The molecule has 1 aliphatic heterocycles. The lowest BCUT2D eigenvalue weighted by Crippen LogP contribution is -2.37. The highest BCUT2D eigenvalue weighted by Gasteiger charge is 2.28. The van der Waals surface area contributed by atoms with E-state index in [0.717, 1.165) is 24.0 Å². The number of aliphatic hydroxyl groups is 1. The summed E-state index contributed by atoms with van der Waals surface area (Å²) in [7, 11) is 4.30. The molecule has 1 atom stereocenters. The van der Waals surface area contributed by atoms with Gasteiger partial charge in [-0.25, -0.2) is 0 Å². The molecule has 8 heavy (non-hydrogen) atoms. The van der Waals surface area contributed by atoms with Crippen molar-refractivity contribution in [3.63, 3.8) is 0 Å². The molecule has 48 valence electrons. The zero-order chi connectivity index (χ0) is 6.20. The van der Waals surface area contributed by atoms with Crippen LogP contribution in [0.25, 0.3) is 0 Å². The Labute approximate surface area is 50.3 Å². The smallest absolute Gasteiger partial charge is 0.108 e. The van der Waals surface area contributed by atoms with Gasteiger partial charge in [-0.05, 0) is 0 Å². The molecule has 0 aromatic carbocycles. The van der Waals surface area contributed by atoms with Gasteiger partial charge in [0.1, 0.15) is 12.6 Å². The highest BCUT2D eigenvalue weighted by molar-refractivity contribution is 4.60. The molecule has 0 aromatic heterocycles. The Morgan fingerprint density at radius 2 is 2.12 bits per heavy atom. The van der Waals surface area contributed by atoms with E-state index in [1.807, 2.05) is 0 Å². The number of aliphatic hydroxyl groups excluding tert-OH is 1. The third kappa shape index (κ3) is 1.20. The van der Waals surface area contributed by atoms with Crippen molar-refractivity contribution in [2.24, 2.45) is 0 Å². The molecule has 1 fully saturated rings. The minimum Gasteiger partial charge on any atom is -0.387 e. The van der Waals surface area contributed by atoms with Crippen molar-refractivity contribution in [2.45, 2.75) is 12.5 Å². The van der Waals surface area contributed by atoms with Crippen LogP contribution < -0.4 is 0 Å². The SMILES string of the molecule is C[N+]1(C)CCC(O)C1. The van der Waals surface area contributed by atoms with Gasteiger partial charge in [0, 0.05) is 6.42 Å². The largest absolute Gasteiger partial charge is 0.387 e. The van der Waals surface area contributed by atoms with Gasteiger partial charge in [0.25, 0.3) is 0 Å². The first kappa shape index (κ1) is 6.05. The van der Waals surface area contributed by atoms with Crippen molar-refractivity contribution in [1.29, 1.82) is 0 Å². The second-order valence-corrected chi connectivity index (χ2v) is 3.28. The van der Waals surface area contributed by atoms with Crippen LogP contribution in [0.1, 0.15) is 6.42 Å². The van der Waals surface area contributed by atoms with Gasteiger partial charge < -0.3 is 9.59 Å². The maximum Gasteiger partial charge on any atom is 0.108 e. The van der Waals surface area contributed by atoms with Crippen molar-refractivity contribution in [3.8, 4) is 0 Å². The quantitative estimate of drug-likeness (QED) is 0.436. The Kier molecular flexibility index (Phi) is 1.29. The number of nitrogens with zero attached hydrogens (tertiary/aromatic N) is 1. The summed E-state index contributed by atoms with van der Waals surface area (Å²) in [5.41, 5.74) is 0. The summed E-state index contributed by atoms with van der Waals surface area (Å²) in [5.74, 6) is 0. The molecule has 0 bridgehead atoms. The van der Waals surface area contributed by atoms with Crippen LogP contribution >= 0.6 is 0 Å². The maximum atomic E-state index is 9.05. The number of hydrogen-bond donors (Lipinski definition) is 1. The van der Waals surface area contributed by atoms with Crippen molar-refractivity contribution in [1.82, 2.24) is 0 Å². The van der Waals surface area contributed by atoms with E-state index >= 15 is 0 Å². The fraction of sp³-hybridized carbons (Fsp3) is 1.00. The van der Waals surface area contributed by atoms with Crippen LogP contribution in [0.4, 0.5) is 0 Å². The second kappa shape index (κ2) is 1.71. The van der Waals surface area contributed by atoms with Gasteiger partial charge in [0.05, 0.1) is 20.6 Å². The second-order valence-electron chi connectivity index (χ2n) is 3.28. The van der Waals surface area contributed by atoms with Gasteiger partial charge in [-0.1, -0.05) is 0 Å². The standard InChI is InChI=1S/C6H14NO/c1-7(2)4-3-6(8)5-7/h6,8H,3-5H2,1-2H3/q+1. The third-order valence-corrected chi connectivity index (χ3v) is 1.77. The zero-order valence-corrected chi connectivity index (χ0v) is 5.59. The number of likely N-dealkylation sites (N-methyl/N-ethyl adjacent to an activating group) is 1. The highest BCUT2D eigenvalue weighted by atomic mass is 16.3. The lowest BCUT2D eigenvalue weighted by Gasteiger charge is -2.22. The lowest BCUT2D eigenvalue weighted by molar-refractivity contribution is -0.879. The molecule has 0 aromatic rings. The molecule has 1 saturated heterocycles. The number of likely N-dealkylation sites (tertiary alicyclic amines) is 1. The summed E-state index contributed by atoms with van der Waals surface area (Å²) in [6.45, 7) is 2.06. The topological polar surface area (TPSA) is 20.2 Å². The first-order chi connectivity index (χ1) is 3.60. The van der Waals surface area contributed by atoms with E-state index < -0.39 is 0 Å². The number of rotatable bonds is 0. The minimum absolute atomic E-state index is 0.0370. The predicted octanol–water partition coefficient (Wildman–Crippen LogP) is -0.173. The fourth-order valence-corrected chi connectivity index (χ4v) is 1.25. The highest BCUT2D eigenvalue weighted by Crippen LogP contribution is 2.12. The van der Waals surface area contributed by atoms with E-state index in [4.69, 9.17) is 5.11 Å². The lowest BCUT2D eigenvalue weighted by atomic mass is 10.3. The van der Waals surface area contributed by atoms with E-state index in [1.165, 1.54) is 0 Å². The number of quaternary nitrogens is 1. The summed E-state index contributed by atoms with van der Waals surface area (Å²) < 4.78 is 0.987. The Balaban J connectivity index is 2.44. The van der Waals surface area contributed by atoms with E-state index in [0.29, 0.717) is 0 Å². The molecule has 1 unspecified atom stereocenters. The summed E-state index contributed by atoms with van der Waals surface area (Å²) in [6, 6.07) is 0. The van der Waals surface area contributed by atoms with Crippen molar-refractivity contribution in [3.05, 3.63) is 0 Å². The molecule has 1 N–H and O–H groups in total. The van der Waals surface area contributed by atoms with Gasteiger partial charge >= 0.3 is 0 Å². The van der Waals surface area contributed by atoms with E-state index in [-0.39, 0.29) is 6.10 Å². The van der Waals surface area contributed by atoms with Gasteiger partial charge in [-0.2, -0.15) is 0 Å². The van der Waals surface area contributed by atoms with Gasteiger partial charge in [-0.3, -0.25) is 0 Å². The van der Waals surface area contributed by atoms with Crippen LogP contribution in [0.15, 0.2) is 0 Å². The van der Waals surface area contributed by atoms with Crippen LogP contribution in [-0.4, -0.2) is 42.9 Å². The monoisotopic (exact) mass is 116 g/mol. The minimum atomic E-state index is -0.0370. The molecule has 0 aliphatic carbocycles. The summed E-state index contributed by atoms with van der Waals surface area (Å²) in [6.07, 6.45) is 0.942. The average molecular weight is 116 g/mol. The van der Waals surface area contributed by atoms with E-state index in [9.17, 15) is 0 Å². The molecule has 0 saturated carbocycles. The molecular weight excluding hydrogens is 102 g/mol. The molecular formula is C6H14NO+. The van der Waals surface area contributed by atoms with Gasteiger partial charge in [0.2, 0.25) is 0 Å². The normalized spacial score (nSPS) is 35.6. The maximum absolute atomic E-state index is 9.05. The zero-order valence-electron chi connectivity index (χ0n) is 5.59. The Morgan fingerprint density at radius 1 is 1.50 bits per heavy atom.